The minimum atomic E-state index is -0.487. The molecule has 196 valence electrons. The van der Waals surface area contributed by atoms with Crippen LogP contribution >= 0.6 is 0 Å². The van der Waals surface area contributed by atoms with Gasteiger partial charge in [-0.15, -0.1) is 0 Å². The Hall–Kier alpha value is -4.77. The molecule has 39 heavy (non-hydrogen) atoms. The van der Waals surface area contributed by atoms with Gasteiger partial charge in [0, 0.05) is 18.9 Å². The molecule has 0 aliphatic rings. The number of carbonyl (C=O) groups excluding carboxylic acids is 3. The third-order valence-corrected chi connectivity index (χ3v) is 6.35. The first kappa shape index (κ1) is 27.3. The van der Waals surface area contributed by atoms with Crippen LogP contribution in [0.25, 0.3) is 21.9 Å². The molecule has 0 aliphatic carbocycles. The van der Waals surface area contributed by atoms with E-state index in [1.807, 2.05) is 24.3 Å². The van der Waals surface area contributed by atoms with Crippen molar-refractivity contribution in [3.8, 4) is 16.9 Å². The highest BCUT2D eigenvalue weighted by Crippen LogP contribution is 2.26. The van der Waals surface area contributed by atoms with E-state index in [1.54, 1.807) is 31.2 Å². The molecule has 0 aliphatic heterocycles. The minimum absolute atomic E-state index is 0.0543. The average molecular weight is 519 g/mol. The van der Waals surface area contributed by atoms with Gasteiger partial charge < -0.3 is 9.47 Å². The standard InChI is InChI=1S/C34H30O5/c1-4-33(36)38-22-25-8-16-31(17-9-25)39-34(37)18-10-24-5-11-27(12-6-24)29-15-14-28-19-26(7-13-30(28)21-29)20-32(35)23(2)3/h4-9,11-17,19,21H,1-2,10,18,20,22H2,3H3. The molecule has 4 rings (SSSR count). The molecular formula is C34H30O5. The maximum absolute atomic E-state index is 12.3. The summed E-state index contributed by atoms with van der Waals surface area (Å²) in [7, 11) is 0. The number of benzene rings is 4. The Morgan fingerprint density at radius 2 is 1.38 bits per heavy atom. The molecule has 0 radical (unpaired) electrons. The van der Waals surface area contributed by atoms with Crippen LogP contribution in [-0.4, -0.2) is 17.7 Å². The molecule has 4 aromatic carbocycles. The van der Waals surface area contributed by atoms with Gasteiger partial charge in [-0.2, -0.15) is 0 Å². The van der Waals surface area contributed by atoms with Crippen LogP contribution in [0.2, 0.25) is 0 Å². The molecule has 0 aromatic heterocycles. The number of rotatable bonds is 11. The van der Waals surface area contributed by atoms with E-state index in [2.05, 4.69) is 49.6 Å². The Balaban J connectivity index is 1.31. The molecule has 5 nitrogen and oxygen atoms in total. The van der Waals surface area contributed by atoms with Gasteiger partial charge in [-0.05, 0) is 75.7 Å². The fraction of sp³-hybridized carbons (Fsp3) is 0.147. The van der Waals surface area contributed by atoms with E-state index in [0.717, 1.165) is 44.7 Å². The summed E-state index contributed by atoms with van der Waals surface area (Å²) in [6.07, 6.45) is 2.30. The number of esters is 2. The molecule has 0 atom stereocenters. The van der Waals surface area contributed by atoms with Crippen LogP contribution < -0.4 is 4.74 Å². The van der Waals surface area contributed by atoms with Gasteiger partial charge in [-0.3, -0.25) is 9.59 Å². The van der Waals surface area contributed by atoms with Gasteiger partial charge in [-0.1, -0.05) is 79.9 Å². The predicted octanol–water partition coefficient (Wildman–Crippen LogP) is 6.96. The molecule has 0 N–H and O–H groups in total. The summed E-state index contributed by atoms with van der Waals surface area (Å²) < 4.78 is 10.4. The summed E-state index contributed by atoms with van der Waals surface area (Å²) in [5.74, 6) is -0.304. The van der Waals surface area contributed by atoms with E-state index in [9.17, 15) is 14.4 Å². The number of ether oxygens (including phenoxy) is 2. The zero-order valence-corrected chi connectivity index (χ0v) is 21.9. The van der Waals surface area contributed by atoms with Crippen molar-refractivity contribution in [3.05, 3.63) is 126 Å². The smallest absolute Gasteiger partial charge is 0.330 e. The molecule has 0 spiro atoms. The number of ketones is 1. The number of allylic oxidation sites excluding steroid dienone is 1. The third kappa shape index (κ3) is 7.62. The number of aryl methyl sites for hydroxylation is 1. The van der Waals surface area contributed by atoms with E-state index in [0.29, 0.717) is 24.2 Å². The molecular weight excluding hydrogens is 488 g/mol. The van der Waals surface area contributed by atoms with Crippen LogP contribution in [0.15, 0.2) is 110 Å². The first-order valence-electron chi connectivity index (χ1n) is 12.7. The Bertz CT molecular complexity index is 1530. The van der Waals surface area contributed by atoms with Gasteiger partial charge in [0.15, 0.2) is 5.78 Å². The van der Waals surface area contributed by atoms with Crippen LogP contribution in [0.1, 0.15) is 30.0 Å². The lowest BCUT2D eigenvalue weighted by Gasteiger charge is -2.08. The Morgan fingerprint density at radius 1 is 0.769 bits per heavy atom. The summed E-state index contributed by atoms with van der Waals surface area (Å²) in [6.45, 7) is 8.96. The maximum atomic E-state index is 12.3. The second kappa shape index (κ2) is 12.7. The number of hydrogen-bond donors (Lipinski definition) is 0. The molecule has 0 saturated heterocycles. The lowest BCUT2D eigenvalue weighted by molar-refractivity contribution is -0.139. The molecule has 0 saturated carbocycles. The second-order valence-corrected chi connectivity index (χ2v) is 9.40. The highest BCUT2D eigenvalue weighted by atomic mass is 16.5. The lowest BCUT2D eigenvalue weighted by Crippen LogP contribution is -2.09. The lowest BCUT2D eigenvalue weighted by atomic mass is 9.97. The van der Waals surface area contributed by atoms with Crippen LogP contribution in [0, 0.1) is 0 Å². The number of Topliss-reactive ketones (excluding diaryl/α,β-unsaturated/α-hetero) is 1. The van der Waals surface area contributed by atoms with Gasteiger partial charge in [0.05, 0.1) is 0 Å². The van der Waals surface area contributed by atoms with E-state index in [-0.39, 0.29) is 24.8 Å². The normalized spacial score (nSPS) is 10.6. The molecule has 0 unspecified atom stereocenters. The number of carbonyl (C=O) groups is 3. The summed E-state index contributed by atoms with van der Waals surface area (Å²) in [6, 6.07) is 27.4. The SMILES string of the molecule is C=CC(=O)OCc1ccc(OC(=O)CCc2ccc(-c3ccc4cc(CC(=O)C(=C)C)ccc4c3)cc2)cc1. The first-order valence-corrected chi connectivity index (χ1v) is 12.7. The second-order valence-electron chi connectivity index (χ2n) is 9.40. The molecule has 0 amide bonds. The fourth-order valence-electron chi connectivity index (χ4n) is 4.08. The van der Waals surface area contributed by atoms with Gasteiger partial charge in [0.1, 0.15) is 12.4 Å². The van der Waals surface area contributed by atoms with Gasteiger partial charge in [-0.25, -0.2) is 4.79 Å². The summed E-state index contributed by atoms with van der Waals surface area (Å²) in [5, 5.41) is 2.20. The first-order chi connectivity index (χ1) is 18.8. The van der Waals surface area contributed by atoms with Gasteiger partial charge in [0.2, 0.25) is 0 Å². The minimum Gasteiger partial charge on any atom is -0.458 e. The molecule has 0 bridgehead atoms. The fourth-order valence-corrected chi connectivity index (χ4v) is 4.08. The predicted molar refractivity (Wildman–Crippen MR) is 153 cm³/mol. The van der Waals surface area contributed by atoms with E-state index in [1.165, 1.54) is 0 Å². The number of hydrogen-bond acceptors (Lipinski definition) is 5. The quantitative estimate of drug-likeness (QED) is 0.122. The van der Waals surface area contributed by atoms with Crippen molar-refractivity contribution in [3.63, 3.8) is 0 Å². The van der Waals surface area contributed by atoms with Crippen molar-refractivity contribution in [2.45, 2.75) is 32.8 Å². The van der Waals surface area contributed by atoms with Crippen LogP contribution in [-0.2, 0) is 38.6 Å². The molecule has 0 fully saturated rings. The zero-order chi connectivity index (χ0) is 27.8. The summed E-state index contributed by atoms with van der Waals surface area (Å²) in [4.78, 5) is 35.5. The van der Waals surface area contributed by atoms with Crippen molar-refractivity contribution in [2.75, 3.05) is 0 Å². The summed E-state index contributed by atoms with van der Waals surface area (Å²) >= 11 is 0. The van der Waals surface area contributed by atoms with E-state index < -0.39 is 5.97 Å². The van der Waals surface area contributed by atoms with E-state index in [4.69, 9.17) is 9.47 Å². The van der Waals surface area contributed by atoms with Crippen molar-refractivity contribution >= 4 is 28.5 Å². The molecule has 4 aromatic rings. The molecule has 5 heteroatoms. The monoisotopic (exact) mass is 518 g/mol. The largest absolute Gasteiger partial charge is 0.458 e. The molecule has 0 heterocycles. The summed E-state index contributed by atoms with van der Waals surface area (Å²) in [5.41, 5.74) is 5.57. The van der Waals surface area contributed by atoms with Crippen LogP contribution in [0.3, 0.4) is 0 Å². The Kier molecular flexibility index (Phi) is 8.85. The van der Waals surface area contributed by atoms with Crippen LogP contribution in [0.5, 0.6) is 5.75 Å². The van der Waals surface area contributed by atoms with Gasteiger partial charge >= 0.3 is 11.9 Å². The van der Waals surface area contributed by atoms with Gasteiger partial charge in [0.25, 0.3) is 0 Å². The maximum Gasteiger partial charge on any atom is 0.330 e. The highest BCUT2D eigenvalue weighted by Gasteiger charge is 2.09. The third-order valence-electron chi connectivity index (χ3n) is 6.35. The van der Waals surface area contributed by atoms with Crippen molar-refractivity contribution in [1.82, 2.24) is 0 Å². The highest BCUT2D eigenvalue weighted by molar-refractivity contribution is 5.96. The van der Waals surface area contributed by atoms with Crippen molar-refractivity contribution < 1.29 is 23.9 Å². The Labute approximate surface area is 228 Å². The van der Waals surface area contributed by atoms with Crippen molar-refractivity contribution in [2.24, 2.45) is 0 Å². The topological polar surface area (TPSA) is 69.7 Å². The van der Waals surface area contributed by atoms with Crippen molar-refractivity contribution in [1.29, 1.82) is 0 Å². The Morgan fingerprint density at radius 3 is 2.08 bits per heavy atom. The zero-order valence-electron chi connectivity index (χ0n) is 21.9. The van der Waals surface area contributed by atoms with Crippen LogP contribution in [0.4, 0.5) is 0 Å². The average Bonchev–Trinajstić information content (AvgIpc) is 2.95. The number of fused-ring (bicyclic) bond motifs is 1. The van der Waals surface area contributed by atoms with E-state index >= 15 is 0 Å².